The van der Waals surface area contributed by atoms with Gasteiger partial charge < -0.3 is 0 Å². The molecule has 0 N–H and O–H groups in total. The molecule has 2 heteroatoms. The number of nitriles is 2. The molecule has 2 nitrogen and oxygen atoms in total. The maximum absolute atomic E-state index is 10.1. The highest BCUT2D eigenvalue weighted by Gasteiger charge is 2.42. The average molecular weight is 393 g/mol. The SMILES string of the molecule is C=C(C)CC(C#N)(C#N)C1=CCCCC1[C@@H](/C=C/c1ccccc1)c1ccccc1. The molecule has 0 spiro atoms. The van der Waals surface area contributed by atoms with Crippen molar-refractivity contribution in [3.05, 3.63) is 102 Å². The number of nitrogens with zero attached hydrogens (tertiary/aromatic N) is 2. The van der Waals surface area contributed by atoms with Gasteiger partial charge in [-0.3, -0.25) is 0 Å². The molecule has 0 saturated heterocycles. The molecule has 0 aliphatic heterocycles. The van der Waals surface area contributed by atoms with Crippen LogP contribution < -0.4 is 0 Å². The summed E-state index contributed by atoms with van der Waals surface area (Å²) in [6, 6.07) is 25.4. The number of hydrogen-bond acceptors (Lipinski definition) is 2. The summed E-state index contributed by atoms with van der Waals surface area (Å²) in [5.74, 6) is 0.212. The average Bonchev–Trinajstić information content (AvgIpc) is 2.79. The van der Waals surface area contributed by atoms with Gasteiger partial charge in [-0.25, -0.2) is 0 Å². The second-order valence-electron chi connectivity index (χ2n) is 8.17. The summed E-state index contributed by atoms with van der Waals surface area (Å²) in [6.45, 7) is 5.89. The Labute approximate surface area is 180 Å². The summed E-state index contributed by atoms with van der Waals surface area (Å²) in [4.78, 5) is 0. The van der Waals surface area contributed by atoms with E-state index in [9.17, 15) is 10.5 Å². The van der Waals surface area contributed by atoms with Gasteiger partial charge in [0.25, 0.3) is 0 Å². The second-order valence-corrected chi connectivity index (χ2v) is 8.17. The van der Waals surface area contributed by atoms with Gasteiger partial charge in [0.05, 0.1) is 12.1 Å². The lowest BCUT2D eigenvalue weighted by Gasteiger charge is -2.36. The Morgan fingerprint density at radius 2 is 1.73 bits per heavy atom. The predicted molar refractivity (Wildman–Crippen MR) is 123 cm³/mol. The summed E-state index contributed by atoms with van der Waals surface area (Å²) in [6.07, 6.45) is 9.87. The van der Waals surface area contributed by atoms with E-state index in [-0.39, 0.29) is 11.8 Å². The van der Waals surface area contributed by atoms with Crippen LogP contribution in [0.3, 0.4) is 0 Å². The Hall–Kier alpha value is -3.36. The molecule has 2 atom stereocenters. The van der Waals surface area contributed by atoms with Crippen molar-refractivity contribution in [2.75, 3.05) is 0 Å². The molecule has 0 aromatic heterocycles. The second kappa shape index (κ2) is 9.91. The summed E-state index contributed by atoms with van der Waals surface area (Å²) in [7, 11) is 0. The van der Waals surface area contributed by atoms with Crippen molar-refractivity contribution < 1.29 is 0 Å². The van der Waals surface area contributed by atoms with Crippen molar-refractivity contribution in [1.82, 2.24) is 0 Å². The van der Waals surface area contributed by atoms with E-state index < -0.39 is 5.41 Å². The molecule has 1 unspecified atom stereocenters. The van der Waals surface area contributed by atoms with Crippen molar-refractivity contribution >= 4 is 6.08 Å². The van der Waals surface area contributed by atoms with Gasteiger partial charge >= 0.3 is 0 Å². The van der Waals surface area contributed by atoms with Crippen molar-refractivity contribution in [3.63, 3.8) is 0 Å². The molecule has 3 rings (SSSR count). The quantitative estimate of drug-likeness (QED) is 0.467. The van der Waals surface area contributed by atoms with Gasteiger partial charge in [0.2, 0.25) is 0 Å². The summed E-state index contributed by atoms with van der Waals surface area (Å²) >= 11 is 0. The van der Waals surface area contributed by atoms with Crippen LogP contribution in [-0.4, -0.2) is 0 Å². The summed E-state index contributed by atoms with van der Waals surface area (Å²) < 4.78 is 0. The van der Waals surface area contributed by atoms with Crippen molar-refractivity contribution in [1.29, 1.82) is 10.5 Å². The first-order chi connectivity index (χ1) is 14.6. The van der Waals surface area contributed by atoms with Gasteiger partial charge in [0, 0.05) is 12.3 Å². The first kappa shape index (κ1) is 21.4. The van der Waals surface area contributed by atoms with E-state index in [1.807, 2.05) is 31.2 Å². The Balaban J connectivity index is 2.07. The minimum Gasteiger partial charge on any atom is -0.196 e. The van der Waals surface area contributed by atoms with Crippen LogP contribution in [0.1, 0.15) is 49.7 Å². The van der Waals surface area contributed by atoms with E-state index in [1.165, 1.54) is 5.56 Å². The molecular formula is C28H28N2. The van der Waals surface area contributed by atoms with E-state index in [4.69, 9.17) is 0 Å². The molecule has 0 fully saturated rings. The normalized spacial score (nSPS) is 17.6. The fourth-order valence-electron chi connectivity index (χ4n) is 4.49. The standard InChI is InChI=1S/C28H28N2/c1-22(2)19-28(20-29,21-30)27-16-10-9-15-26(27)25(24-13-7-4-8-14-24)18-17-23-11-5-3-6-12-23/h3-8,11-14,16-18,25-26H,1,9-10,15,19H2,2H3/b18-17+/t25-,26?/m0/s1. The number of benzene rings is 2. The largest absolute Gasteiger partial charge is 0.196 e. The van der Waals surface area contributed by atoms with Gasteiger partial charge in [0.1, 0.15) is 0 Å². The molecular weight excluding hydrogens is 364 g/mol. The van der Waals surface area contributed by atoms with Gasteiger partial charge in [-0.05, 0) is 48.8 Å². The van der Waals surface area contributed by atoms with E-state index >= 15 is 0 Å². The third-order valence-electron chi connectivity index (χ3n) is 5.84. The molecule has 0 bridgehead atoms. The van der Waals surface area contributed by atoms with Gasteiger partial charge in [-0.2, -0.15) is 10.5 Å². The van der Waals surface area contributed by atoms with Crippen LogP contribution in [0.15, 0.2) is 90.5 Å². The molecule has 2 aromatic carbocycles. The molecule has 150 valence electrons. The third-order valence-corrected chi connectivity index (χ3v) is 5.84. The first-order valence-electron chi connectivity index (χ1n) is 10.6. The van der Waals surface area contributed by atoms with Gasteiger partial charge in [0.15, 0.2) is 5.41 Å². The van der Waals surface area contributed by atoms with Crippen molar-refractivity contribution in [2.45, 2.75) is 38.5 Å². The van der Waals surface area contributed by atoms with Crippen LogP contribution in [0.5, 0.6) is 0 Å². The Bertz CT molecular complexity index is 986. The minimum absolute atomic E-state index is 0.101. The minimum atomic E-state index is -1.15. The van der Waals surface area contributed by atoms with E-state index in [1.54, 1.807) is 0 Å². The summed E-state index contributed by atoms with van der Waals surface area (Å²) in [5, 5.41) is 20.2. The van der Waals surface area contributed by atoms with Crippen LogP contribution >= 0.6 is 0 Å². The van der Waals surface area contributed by atoms with Crippen LogP contribution in [0.25, 0.3) is 6.08 Å². The molecule has 0 heterocycles. The molecule has 0 saturated carbocycles. The third kappa shape index (κ3) is 4.79. The highest BCUT2D eigenvalue weighted by Crippen LogP contribution is 2.47. The van der Waals surface area contributed by atoms with Crippen LogP contribution in [-0.2, 0) is 0 Å². The first-order valence-corrected chi connectivity index (χ1v) is 10.6. The lowest BCUT2D eigenvalue weighted by atomic mass is 9.64. The van der Waals surface area contributed by atoms with Gasteiger partial charge in [-0.1, -0.05) is 84.5 Å². The van der Waals surface area contributed by atoms with Crippen LogP contribution in [0, 0.1) is 34.0 Å². The Morgan fingerprint density at radius 3 is 2.33 bits per heavy atom. The Morgan fingerprint density at radius 1 is 1.10 bits per heavy atom. The van der Waals surface area contributed by atoms with Gasteiger partial charge in [-0.15, -0.1) is 6.58 Å². The monoisotopic (exact) mass is 392 g/mol. The van der Waals surface area contributed by atoms with Crippen LogP contribution in [0.2, 0.25) is 0 Å². The topological polar surface area (TPSA) is 47.6 Å². The molecule has 0 radical (unpaired) electrons. The molecule has 2 aromatic rings. The maximum atomic E-state index is 10.1. The zero-order chi connectivity index (χ0) is 21.4. The zero-order valence-electron chi connectivity index (χ0n) is 17.6. The maximum Gasteiger partial charge on any atom is 0.168 e. The van der Waals surface area contributed by atoms with Crippen molar-refractivity contribution in [3.8, 4) is 12.1 Å². The Kier molecular flexibility index (Phi) is 7.05. The highest BCUT2D eigenvalue weighted by molar-refractivity contribution is 5.52. The van der Waals surface area contributed by atoms with E-state index in [0.717, 1.165) is 36.0 Å². The smallest absolute Gasteiger partial charge is 0.168 e. The van der Waals surface area contributed by atoms with Crippen molar-refractivity contribution in [2.24, 2.45) is 11.3 Å². The summed E-state index contributed by atoms with van der Waals surface area (Å²) in [5.41, 5.74) is 3.04. The molecule has 1 aliphatic rings. The van der Waals surface area contributed by atoms with Crippen LogP contribution in [0.4, 0.5) is 0 Å². The highest BCUT2D eigenvalue weighted by atomic mass is 14.5. The van der Waals surface area contributed by atoms with E-state index in [0.29, 0.717) is 6.42 Å². The number of hydrogen-bond donors (Lipinski definition) is 0. The number of allylic oxidation sites excluding steroid dienone is 4. The fourth-order valence-corrected chi connectivity index (χ4v) is 4.49. The lowest BCUT2D eigenvalue weighted by Crippen LogP contribution is -2.30. The van der Waals surface area contributed by atoms with E-state index in [2.05, 4.69) is 73.3 Å². The molecule has 30 heavy (non-hydrogen) atoms. The fraction of sp³-hybridized carbons (Fsp3) is 0.286. The zero-order valence-corrected chi connectivity index (χ0v) is 17.6. The number of rotatable bonds is 7. The molecule has 1 aliphatic carbocycles. The molecule has 0 amide bonds. The predicted octanol–water partition coefficient (Wildman–Crippen LogP) is 7.21. The lowest BCUT2D eigenvalue weighted by molar-refractivity contribution is 0.402.